The second-order valence-electron chi connectivity index (χ2n) is 4.95. The van der Waals surface area contributed by atoms with Crippen LogP contribution < -0.4 is 5.32 Å². The average Bonchev–Trinajstić information content (AvgIpc) is 2.27. The minimum atomic E-state index is -0.331. The number of nitriles is 1. The molecule has 2 nitrogen and oxygen atoms in total. The molecular weight excluding hydrogens is 216 g/mol. The third-order valence-corrected chi connectivity index (χ3v) is 3.96. The summed E-state index contributed by atoms with van der Waals surface area (Å²) in [4.78, 5) is 0. The lowest BCUT2D eigenvalue weighted by molar-refractivity contribution is 0.439. The number of hydrogen-bond donors (Lipinski definition) is 1. The van der Waals surface area contributed by atoms with E-state index in [0.717, 1.165) is 18.8 Å². The normalized spacial score (nSPS) is 14.8. The van der Waals surface area contributed by atoms with Crippen LogP contribution in [0, 0.1) is 17.2 Å². The molecule has 0 aromatic carbocycles. The Kier molecular flexibility index (Phi) is 8.78. The lowest BCUT2D eigenvalue weighted by atomic mass is 9.97. The van der Waals surface area contributed by atoms with E-state index >= 15 is 0 Å². The Bertz CT molecular complexity index is 210. The predicted molar refractivity (Wildman–Crippen MR) is 73.7 cm³/mol. The maximum absolute atomic E-state index is 8.97. The fourth-order valence-electron chi connectivity index (χ4n) is 1.34. The molecule has 0 rings (SSSR count). The van der Waals surface area contributed by atoms with E-state index in [9.17, 15) is 0 Å². The van der Waals surface area contributed by atoms with Gasteiger partial charge >= 0.3 is 0 Å². The van der Waals surface area contributed by atoms with Crippen molar-refractivity contribution in [2.45, 2.75) is 52.0 Å². The quantitative estimate of drug-likeness (QED) is 0.629. The van der Waals surface area contributed by atoms with Crippen molar-refractivity contribution in [3.63, 3.8) is 0 Å². The van der Waals surface area contributed by atoms with Gasteiger partial charge in [-0.3, -0.25) is 0 Å². The minimum Gasteiger partial charge on any atom is -0.303 e. The summed E-state index contributed by atoms with van der Waals surface area (Å²) in [7, 11) is 1.86. The molecule has 16 heavy (non-hydrogen) atoms. The van der Waals surface area contributed by atoms with Gasteiger partial charge in [-0.25, -0.2) is 0 Å². The molecule has 0 spiro atoms. The predicted octanol–water partition coefficient (Wildman–Crippen LogP) is 3.44. The first-order chi connectivity index (χ1) is 7.54. The first-order valence-corrected chi connectivity index (χ1v) is 7.37. The number of hydrogen-bond acceptors (Lipinski definition) is 3. The first kappa shape index (κ1) is 15.8. The first-order valence-electron chi connectivity index (χ1n) is 6.22. The fourth-order valence-corrected chi connectivity index (χ4v) is 2.59. The molecule has 0 aliphatic rings. The molecule has 0 bridgehead atoms. The number of nitrogens with zero attached hydrogens (tertiary/aromatic N) is 1. The summed E-state index contributed by atoms with van der Waals surface area (Å²) < 4.78 is 0. The van der Waals surface area contributed by atoms with Gasteiger partial charge in [-0.15, -0.1) is 0 Å². The molecular formula is C13H26N2S. The summed E-state index contributed by atoms with van der Waals surface area (Å²) in [6, 6.07) is 2.33. The van der Waals surface area contributed by atoms with E-state index in [0.29, 0.717) is 0 Å². The maximum atomic E-state index is 8.97. The number of rotatable bonds is 9. The van der Waals surface area contributed by atoms with Gasteiger partial charge < -0.3 is 5.32 Å². The van der Waals surface area contributed by atoms with Crippen molar-refractivity contribution in [3.05, 3.63) is 0 Å². The van der Waals surface area contributed by atoms with Crippen LogP contribution in [-0.2, 0) is 0 Å². The molecule has 0 saturated carbocycles. The highest BCUT2D eigenvalue weighted by Gasteiger charge is 2.19. The zero-order valence-corrected chi connectivity index (χ0v) is 12.0. The van der Waals surface area contributed by atoms with Crippen LogP contribution in [0.1, 0.15) is 46.5 Å². The molecule has 0 radical (unpaired) electrons. The molecule has 0 aliphatic heterocycles. The smallest absolute Gasteiger partial charge is 0.103 e. The van der Waals surface area contributed by atoms with Gasteiger partial charge in [-0.05, 0) is 57.1 Å². The molecule has 1 unspecified atom stereocenters. The van der Waals surface area contributed by atoms with E-state index in [1.165, 1.54) is 24.3 Å². The Morgan fingerprint density at radius 3 is 2.50 bits per heavy atom. The van der Waals surface area contributed by atoms with E-state index in [4.69, 9.17) is 5.26 Å². The average molecular weight is 242 g/mol. The van der Waals surface area contributed by atoms with Crippen LogP contribution in [-0.4, -0.2) is 24.1 Å². The molecule has 0 amide bonds. The van der Waals surface area contributed by atoms with Gasteiger partial charge in [0.05, 0.1) is 6.07 Å². The van der Waals surface area contributed by atoms with Crippen molar-refractivity contribution in [2.75, 3.05) is 18.6 Å². The highest BCUT2D eigenvalue weighted by molar-refractivity contribution is 7.99. The van der Waals surface area contributed by atoms with Gasteiger partial charge in [-0.1, -0.05) is 13.8 Å². The highest BCUT2D eigenvalue weighted by atomic mass is 32.2. The molecule has 0 aromatic heterocycles. The van der Waals surface area contributed by atoms with E-state index < -0.39 is 0 Å². The second kappa shape index (κ2) is 8.90. The van der Waals surface area contributed by atoms with Crippen molar-refractivity contribution in [1.29, 1.82) is 5.26 Å². The highest BCUT2D eigenvalue weighted by Crippen LogP contribution is 2.15. The lowest BCUT2D eigenvalue weighted by Gasteiger charge is -2.20. The molecule has 3 heteroatoms. The van der Waals surface area contributed by atoms with Crippen LogP contribution >= 0.6 is 11.8 Å². The number of thioether (sulfide) groups is 1. The van der Waals surface area contributed by atoms with Gasteiger partial charge in [0.25, 0.3) is 0 Å². The van der Waals surface area contributed by atoms with E-state index in [-0.39, 0.29) is 5.54 Å². The van der Waals surface area contributed by atoms with Crippen LogP contribution in [0.2, 0.25) is 0 Å². The van der Waals surface area contributed by atoms with Gasteiger partial charge in [-0.2, -0.15) is 17.0 Å². The summed E-state index contributed by atoms with van der Waals surface area (Å²) >= 11 is 2.04. The summed E-state index contributed by atoms with van der Waals surface area (Å²) in [5.74, 6) is 3.33. The Morgan fingerprint density at radius 2 is 2.00 bits per heavy atom. The molecule has 0 heterocycles. The number of nitrogens with one attached hydrogen (secondary N) is 1. The molecule has 0 fully saturated rings. The topological polar surface area (TPSA) is 35.8 Å². The Balaban J connectivity index is 3.37. The summed E-state index contributed by atoms with van der Waals surface area (Å²) in [6.45, 7) is 6.51. The molecule has 0 aromatic rings. The Labute approximate surface area is 105 Å². The van der Waals surface area contributed by atoms with Crippen LogP contribution in [0.4, 0.5) is 0 Å². The van der Waals surface area contributed by atoms with Crippen LogP contribution in [0.5, 0.6) is 0 Å². The van der Waals surface area contributed by atoms with E-state index in [2.05, 4.69) is 25.2 Å². The van der Waals surface area contributed by atoms with Crippen molar-refractivity contribution in [1.82, 2.24) is 5.32 Å². The molecule has 0 aliphatic carbocycles. The van der Waals surface area contributed by atoms with E-state index in [1.54, 1.807) is 0 Å². The fraction of sp³-hybridized carbons (Fsp3) is 0.923. The standard InChI is InChI=1S/C13H26N2S/c1-12(2)7-10-16-9-6-5-8-13(3,11-14)15-4/h12,15H,5-10H2,1-4H3. The maximum Gasteiger partial charge on any atom is 0.103 e. The van der Waals surface area contributed by atoms with Crippen LogP contribution in [0.25, 0.3) is 0 Å². The Morgan fingerprint density at radius 1 is 1.31 bits per heavy atom. The van der Waals surface area contributed by atoms with Gasteiger partial charge in [0.2, 0.25) is 0 Å². The lowest BCUT2D eigenvalue weighted by Crippen LogP contribution is -2.37. The summed E-state index contributed by atoms with van der Waals surface area (Å²) in [5, 5.41) is 12.0. The van der Waals surface area contributed by atoms with Gasteiger partial charge in [0.15, 0.2) is 0 Å². The van der Waals surface area contributed by atoms with Crippen molar-refractivity contribution >= 4 is 11.8 Å². The minimum absolute atomic E-state index is 0.331. The monoisotopic (exact) mass is 242 g/mol. The largest absolute Gasteiger partial charge is 0.303 e. The van der Waals surface area contributed by atoms with Gasteiger partial charge in [0.1, 0.15) is 5.54 Å². The molecule has 1 N–H and O–H groups in total. The van der Waals surface area contributed by atoms with Crippen LogP contribution in [0.15, 0.2) is 0 Å². The van der Waals surface area contributed by atoms with Crippen LogP contribution in [0.3, 0.4) is 0 Å². The van der Waals surface area contributed by atoms with Crippen molar-refractivity contribution < 1.29 is 0 Å². The molecule has 0 saturated heterocycles. The van der Waals surface area contributed by atoms with Crippen molar-refractivity contribution in [2.24, 2.45) is 5.92 Å². The third kappa shape index (κ3) is 8.01. The zero-order valence-electron chi connectivity index (χ0n) is 11.2. The van der Waals surface area contributed by atoms with Crippen molar-refractivity contribution in [3.8, 4) is 6.07 Å². The number of unbranched alkanes of at least 4 members (excludes halogenated alkanes) is 1. The summed E-state index contributed by atoms with van der Waals surface area (Å²) in [5.41, 5.74) is -0.331. The SMILES string of the molecule is CNC(C)(C#N)CCCCSCCC(C)C. The third-order valence-electron chi connectivity index (χ3n) is 2.85. The van der Waals surface area contributed by atoms with Gasteiger partial charge in [0, 0.05) is 0 Å². The zero-order chi connectivity index (χ0) is 12.4. The second-order valence-corrected chi connectivity index (χ2v) is 6.17. The Hall–Kier alpha value is -0.200. The molecule has 1 atom stereocenters. The summed E-state index contributed by atoms with van der Waals surface area (Å²) in [6.07, 6.45) is 4.63. The molecule has 94 valence electrons. The van der Waals surface area contributed by atoms with E-state index in [1.807, 2.05) is 25.7 Å².